The van der Waals surface area contributed by atoms with E-state index in [4.69, 9.17) is 10.5 Å². The molecule has 1 saturated heterocycles. The highest BCUT2D eigenvalue weighted by molar-refractivity contribution is 5.98. The summed E-state index contributed by atoms with van der Waals surface area (Å²) in [6.07, 6.45) is -0.744. The van der Waals surface area contributed by atoms with E-state index >= 15 is 0 Å². The molecule has 1 saturated carbocycles. The fraction of sp³-hybridized carbons (Fsp3) is 0.636. The van der Waals surface area contributed by atoms with Crippen molar-refractivity contribution in [2.24, 2.45) is 11.1 Å². The van der Waals surface area contributed by atoms with Crippen molar-refractivity contribution < 1.29 is 23.1 Å². The summed E-state index contributed by atoms with van der Waals surface area (Å²) in [6.45, 7) is 7.54. The maximum Gasteiger partial charge on any atom is 0.265 e. The highest BCUT2D eigenvalue weighted by Crippen LogP contribution is 2.34. The number of amides is 2. The van der Waals surface area contributed by atoms with Crippen molar-refractivity contribution >= 4 is 23.2 Å². The van der Waals surface area contributed by atoms with Crippen molar-refractivity contribution in [3.8, 4) is 0 Å². The zero-order valence-electron chi connectivity index (χ0n) is 18.4. The lowest BCUT2D eigenvalue weighted by molar-refractivity contribution is -0.125. The van der Waals surface area contributed by atoms with Gasteiger partial charge in [-0.1, -0.05) is 20.8 Å². The average Bonchev–Trinajstić information content (AvgIpc) is 3.52. The molecule has 2 aliphatic rings. The summed E-state index contributed by atoms with van der Waals surface area (Å²) in [5, 5.41) is 2.76. The molecule has 3 N–H and O–H groups in total. The second kappa shape index (κ2) is 9.58. The van der Waals surface area contributed by atoms with Gasteiger partial charge in [-0.05, 0) is 36.5 Å². The van der Waals surface area contributed by atoms with E-state index in [0.717, 1.165) is 12.8 Å². The van der Waals surface area contributed by atoms with Gasteiger partial charge in [-0.25, -0.2) is 8.78 Å². The number of anilines is 2. The van der Waals surface area contributed by atoms with E-state index < -0.39 is 12.5 Å². The van der Waals surface area contributed by atoms with Crippen molar-refractivity contribution in [2.75, 3.05) is 43.1 Å². The predicted molar refractivity (Wildman–Crippen MR) is 115 cm³/mol. The third-order valence-electron chi connectivity index (χ3n) is 5.41. The van der Waals surface area contributed by atoms with Crippen LogP contribution in [-0.4, -0.2) is 61.6 Å². The molecule has 2 fully saturated rings. The van der Waals surface area contributed by atoms with Gasteiger partial charge in [-0.2, -0.15) is 0 Å². The number of halogens is 2. The molecule has 172 valence electrons. The first-order chi connectivity index (χ1) is 14.6. The van der Waals surface area contributed by atoms with E-state index in [9.17, 15) is 18.4 Å². The minimum absolute atomic E-state index is 0.00845. The maximum absolute atomic E-state index is 13.8. The smallest absolute Gasteiger partial charge is 0.265 e. The molecule has 0 unspecified atom stereocenters. The van der Waals surface area contributed by atoms with Gasteiger partial charge < -0.3 is 20.7 Å². The Morgan fingerprint density at radius 1 is 1.35 bits per heavy atom. The van der Waals surface area contributed by atoms with Crippen LogP contribution in [0.15, 0.2) is 18.2 Å². The number of hydrogen-bond acceptors (Lipinski definition) is 5. The Balaban J connectivity index is 1.79. The van der Waals surface area contributed by atoms with Gasteiger partial charge in [0.1, 0.15) is 12.6 Å². The highest BCUT2D eigenvalue weighted by atomic mass is 19.3. The van der Waals surface area contributed by atoms with Gasteiger partial charge in [0.05, 0.1) is 12.3 Å². The molecule has 0 spiro atoms. The van der Waals surface area contributed by atoms with Crippen LogP contribution in [0.3, 0.4) is 0 Å². The molecule has 7 nitrogen and oxygen atoms in total. The molecule has 0 radical (unpaired) electrons. The Hall–Kier alpha value is -2.10. The second-order valence-corrected chi connectivity index (χ2v) is 9.38. The van der Waals surface area contributed by atoms with Crippen LogP contribution in [0.5, 0.6) is 0 Å². The minimum Gasteiger partial charge on any atom is -0.370 e. The highest BCUT2D eigenvalue weighted by Gasteiger charge is 2.38. The summed E-state index contributed by atoms with van der Waals surface area (Å²) in [5.74, 6) is -0.676. The number of hydrogen-bond donors (Lipinski definition) is 2. The molecule has 1 heterocycles. The number of alkyl halides is 2. The van der Waals surface area contributed by atoms with Gasteiger partial charge in [0.15, 0.2) is 0 Å². The van der Waals surface area contributed by atoms with Crippen LogP contribution in [0.25, 0.3) is 0 Å². The van der Waals surface area contributed by atoms with Crippen LogP contribution in [0.4, 0.5) is 20.2 Å². The molecule has 1 aromatic rings. The van der Waals surface area contributed by atoms with Crippen molar-refractivity contribution in [3.63, 3.8) is 0 Å². The molecule has 1 atom stereocenters. The molecule has 1 aromatic carbocycles. The molecule has 31 heavy (non-hydrogen) atoms. The monoisotopic (exact) mass is 438 g/mol. The normalized spacial score (nSPS) is 18.6. The molecule has 9 heteroatoms. The number of morpholine rings is 1. The van der Waals surface area contributed by atoms with E-state index in [2.05, 4.69) is 31.0 Å². The van der Waals surface area contributed by atoms with Gasteiger partial charge in [0.25, 0.3) is 12.3 Å². The van der Waals surface area contributed by atoms with Crippen LogP contribution in [-0.2, 0) is 14.3 Å². The molecule has 3 rings (SSSR count). The molecular weight excluding hydrogens is 406 g/mol. The third-order valence-corrected chi connectivity index (χ3v) is 5.41. The first kappa shape index (κ1) is 23.6. The number of ether oxygens (including phenoxy) is 1. The van der Waals surface area contributed by atoms with E-state index in [1.165, 1.54) is 17.0 Å². The number of carbonyl (C=O) groups excluding carboxylic acids is 2. The summed E-state index contributed by atoms with van der Waals surface area (Å²) >= 11 is 0. The summed E-state index contributed by atoms with van der Waals surface area (Å²) in [7, 11) is 0. The van der Waals surface area contributed by atoms with Crippen LogP contribution in [0, 0.1) is 5.41 Å². The van der Waals surface area contributed by atoms with E-state index in [0.29, 0.717) is 12.6 Å². The van der Waals surface area contributed by atoms with Crippen molar-refractivity contribution in [2.45, 2.75) is 52.1 Å². The molecular formula is C22H32F2N4O3. The number of carbonyl (C=O) groups is 2. The van der Waals surface area contributed by atoms with Gasteiger partial charge in [0, 0.05) is 36.9 Å². The fourth-order valence-electron chi connectivity index (χ4n) is 3.89. The molecule has 1 aliphatic heterocycles. The van der Waals surface area contributed by atoms with Crippen molar-refractivity contribution in [1.82, 2.24) is 4.90 Å². The topological polar surface area (TPSA) is 87.9 Å². The van der Waals surface area contributed by atoms with Gasteiger partial charge in [-0.3, -0.25) is 14.5 Å². The molecule has 0 aromatic heterocycles. The standard InChI is InChI=1S/C22H32F2N4O3/c1-22(2,3)13-28(15-5-6-15)18(11-25)21(30)26-14-4-7-17(16(10-14)20(23)24)27-8-9-31-12-19(27)29/h4,7,10,15,18,20H,5-6,8-9,11-13,25H2,1-3H3,(H,26,30)/t18-/m1/s1. The first-order valence-electron chi connectivity index (χ1n) is 10.7. The van der Waals surface area contributed by atoms with Gasteiger partial charge >= 0.3 is 0 Å². The second-order valence-electron chi connectivity index (χ2n) is 9.38. The Kier molecular flexibility index (Phi) is 7.28. The Morgan fingerprint density at radius 2 is 2.06 bits per heavy atom. The lowest BCUT2D eigenvalue weighted by atomic mass is 9.95. The fourth-order valence-corrected chi connectivity index (χ4v) is 3.89. The predicted octanol–water partition coefficient (Wildman–Crippen LogP) is 2.76. The van der Waals surface area contributed by atoms with E-state index in [1.54, 1.807) is 6.07 Å². The van der Waals surface area contributed by atoms with Crippen LogP contribution >= 0.6 is 0 Å². The molecule has 1 aliphatic carbocycles. The van der Waals surface area contributed by atoms with Gasteiger partial charge in [-0.15, -0.1) is 0 Å². The quantitative estimate of drug-likeness (QED) is 0.652. The number of nitrogens with zero attached hydrogens (tertiary/aromatic N) is 2. The summed E-state index contributed by atoms with van der Waals surface area (Å²) in [6, 6.07) is 4.01. The summed E-state index contributed by atoms with van der Waals surface area (Å²) in [4.78, 5) is 28.5. The Morgan fingerprint density at radius 3 is 2.61 bits per heavy atom. The lowest BCUT2D eigenvalue weighted by Gasteiger charge is -2.35. The molecule has 2 amide bonds. The van der Waals surface area contributed by atoms with E-state index in [-0.39, 0.29) is 60.5 Å². The largest absolute Gasteiger partial charge is 0.370 e. The summed E-state index contributed by atoms with van der Waals surface area (Å²) < 4.78 is 32.6. The molecule has 0 bridgehead atoms. The minimum atomic E-state index is -2.79. The SMILES string of the molecule is CC(C)(C)CN(C1CC1)[C@H](CN)C(=O)Nc1ccc(N2CCOCC2=O)c(C(F)F)c1. The van der Waals surface area contributed by atoms with Crippen LogP contribution in [0.1, 0.15) is 45.6 Å². The van der Waals surface area contributed by atoms with Crippen molar-refractivity contribution in [1.29, 1.82) is 0 Å². The summed E-state index contributed by atoms with van der Waals surface area (Å²) in [5.41, 5.74) is 6.04. The number of benzene rings is 1. The van der Waals surface area contributed by atoms with Crippen LogP contribution < -0.4 is 16.0 Å². The van der Waals surface area contributed by atoms with Crippen molar-refractivity contribution in [3.05, 3.63) is 23.8 Å². The zero-order valence-corrected chi connectivity index (χ0v) is 18.4. The Bertz CT molecular complexity index is 808. The number of nitrogens with one attached hydrogen (secondary N) is 1. The lowest BCUT2D eigenvalue weighted by Crippen LogP contribution is -2.52. The maximum atomic E-state index is 13.8. The average molecular weight is 439 g/mol. The Labute approximate surface area is 181 Å². The van der Waals surface area contributed by atoms with Gasteiger partial charge in [0.2, 0.25) is 5.91 Å². The van der Waals surface area contributed by atoms with Crippen LogP contribution in [0.2, 0.25) is 0 Å². The number of rotatable bonds is 8. The zero-order chi connectivity index (χ0) is 22.8. The third kappa shape index (κ3) is 5.99. The van der Waals surface area contributed by atoms with E-state index in [1.807, 2.05) is 0 Å². The number of nitrogens with two attached hydrogens (primary N) is 1. The first-order valence-corrected chi connectivity index (χ1v) is 10.7.